The van der Waals surface area contributed by atoms with Crippen LogP contribution in [0.3, 0.4) is 0 Å². The summed E-state index contributed by atoms with van der Waals surface area (Å²) in [6.07, 6.45) is 3.57. The van der Waals surface area contributed by atoms with Crippen LogP contribution in [0, 0.1) is 0 Å². The highest BCUT2D eigenvalue weighted by molar-refractivity contribution is 6.12. The van der Waals surface area contributed by atoms with E-state index in [9.17, 15) is 0 Å². The molecule has 0 spiro atoms. The molecular formula is C40H23N5O2. The van der Waals surface area contributed by atoms with Crippen LogP contribution in [-0.2, 0) is 0 Å². The van der Waals surface area contributed by atoms with E-state index in [2.05, 4.69) is 87.3 Å². The molecule has 0 radical (unpaired) electrons. The Labute approximate surface area is 267 Å². The Morgan fingerprint density at radius 3 is 1.60 bits per heavy atom. The van der Waals surface area contributed by atoms with Crippen LogP contribution >= 0.6 is 0 Å². The number of hydrogen-bond acceptors (Lipinski definition) is 6. The predicted molar refractivity (Wildman–Crippen MR) is 185 cm³/mol. The summed E-state index contributed by atoms with van der Waals surface area (Å²) in [6, 6.07) is 43.0. The molecule has 47 heavy (non-hydrogen) atoms. The van der Waals surface area contributed by atoms with Crippen LogP contribution < -0.4 is 0 Å². The summed E-state index contributed by atoms with van der Waals surface area (Å²) >= 11 is 0. The molecule has 7 heteroatoms. The lowest BCUT2D eigenvalue weighted by molar-refractivity contribution is 0.619. The molecule has 0 bridgehead atoms. The Balaban J connectivity index is 1.28. The van der Waals surface area contributed by atoms with Crippen LogP contribution in [0.25, 0.3) is 94.8 Å². The Hall–Kier alpha value is -6.60. The van der Waals surface area contributed by atoms with E-state index in [1.165, 1.54) is 0 Å². The molecule has 0 amide bonds. The molecule has 4 aromatic heterocycles. The normalized spacial score (nSPS) is 11.8. The highest BCUT2D eigenvalue weighted by Gasteiger charge is 2.21. The molecule has 0 aliphatic heterocycles. The molecular weight excluding hydrogens is 582 g/mol. The highest BCUT2D eigenvalue weighted by atomic mass is 16.4. The first-order valence-electron chi connectivity index (χ1n) is 15.4. The number of nitrogens with zero attached hydrogens (tertiary/aromatic N) is 5. The molecule has 0 fully saturated rings. The molecule has 0 aliphatic rings. The Morgan fingerprint density at radius 1 is 0.489 bits per heavy atom. The number of oxazole rings is 2. The van der Waals surface area contributed by atoms with E-state index < -0.39 is 0 Å². The molecule has 7 nitrogen and oxygen atoms in total. The van der Waals surface area contributed by atoms with Crippen molar-refractivity contribution in [3.8, 4) is 40.0 Å². The fraction of sp³-hybridized carbons (Fsp3) is 0. The van der Waals surface area contributed by atoms with Crippen LogP contribution in [0.15, 0.2) is 149 Å². The fourth-order valence-electron chi connectivity index (χ4n) is 6.57. The number of benzene rings is 6. The fourth-order valence-corrected chi connectivity index (χ4v) is 6.57. The Bertz CT molecular complexity index is 2610. The average Bonchev–Trinajstić information content (AvgIpc) is 3.85. The summed E-state index contributed by atoms with van der Waals surface area (Å²) in [6.45, 7) is 0. The Kier molecular flexibility index (Phi) is 5.44. The van der Waals surface area contributed by atoms with Gasteiger partial charge in [-0.2, -0.15) is 0 Å². The topological polar surface area (TPSA) is 82.8 Å². The van der Waals surface area contributed by atoms with E-state index in [4.69, 9.17) is 18.8 Å². The van der Waals surface area contributed by atoms with Crippen molar-refractivity contribution in [3.05, 3.63) is 140 Å². The summed E-state index contributed by atoms with van der Waals surface area (Å²) in [4.78, 5) is 18.9. The minimum atomic E-state index is 0.577. The molecule has 0 saturated carbocycles. The number of rotatable bonds is 4. The van der Waals surface area contributed by atoms with Crippen molar-refractivity contribution < 1.29 is 8.83 Å². The van der Waals surface area contributed by atoms with Gasteiger partial charge in [-0.05, 0) is 89.6 Å². The quantitative estimate of drug-likeness (QED) is 0.199. The molecule has 0 atom stereocenters. The van der Waals surface area contributed by atoms with E-state index in [0.717, 1.165) is 77.2 Å². The van der Waals surface area contributed by atoms with Crippen LogP contribution in [0.1, 0.15) is 0 Å². The van der Waals surface area contributed by atoms with Gasteiger partial charge in [0, 0.05) is 39.9 Å². The van der Waals surface area contributed by atoms with Crippen molar-refractivity contribution in [3.63, 3.8) is 0 Å². The maximum Gasteiger partial charge on any atom is 0.227 e. The number of hydrogen-bond donors (Lipinski definition) is 0. The lowest BCUT2D eigenvalue weighted by Crippen LogP contribution is -2.00. The van der Waals surface area contributed by atoms with Gasteiger partial charge in [0.15, 0.2) is 17.0 Å². The van der Waals surface area contributed by atoms with Gasteiger partial charge in [-0.15, -0.1) is 0 Å². The van der Waals surface area contributed by atoms with E-state index in [0.29, 0.717) is 17.6 Å². The maximum absolute atomic E-state index is 6.20. The smallest absolute Gasteiger partial charge is 0.227 e. The monoisotopic (exact) mass is 605 g/mol. The minimum absolute atomic E-state index is 0.577. The second kappa shape index (κ2) is 9.95. The molecule has 0 unspecified atom stereocenters. The van der Waals surface area contributed by atoms with Crippen molar-refractivity contribution in [1.29, 1.82) is 0 Å². The zero-order chi connectivity index (χ0) is 30.9. The van der Waals surface area contributed by atoms with Crippen molar-refractivity contribution >= 4 is 54.8 Å². The first-order valence-corrected chi connectivity index (χ1v) is 15.4. The lowest BCUT2D eigenvalue weighted by atomic mass is 10.0. The first kappa shape index (κ1) is 25.7. The van der Waals surface area contributed by atoms with Gasteiger partial charge in [0.2, 0.25) is 11.8 Å². The zero-order valence-electron chi connectivity index (χ0n) is 24.8. The van der Waals surface area contributed by atoms with Gasteiger partial charge >= 0.3 is 0 Å². The van der Waals surface area contributed by atoms with Gasteiger partial charge < -0.3 is 13.4 Å². The van der Waals surface area contributed by atoms with Gasteiger partial charge in [-0.1, -0.05) is 48.5 Å². The SMILES string of the molecule is c1cnc(-c2cc3ccccc3cc2-n2c3ccc(-c4nc5ccccc5o4)cc3c3cc(-c4nc5ccccc5o4)ccc32)nc1. The average molecular weight is 606 g/mol. The molecule has 10 aromatic rings. The van der Waals surface area contributed by atoms with Gasteiger partial charge in [0.25, 0.3) is 0 Å². The van der Waals surface area contributed by atoms with Crippen LogP contribution in [0.2, 0.25) is 0 Å². The van der Waals surface area contributed by atoms with E-state index in [1.807, 2.05) is 54.6 Å². The molecule has 6 aromatic carbocycles. The van der Waals surface area contributed by atoms with E-state index in [-0.39, 0.29) is 0 Å². The maximum atomic E-state index is 6.20. The van der Waals surface area contributed by atoms with Crippen LogP contribution in [0.5, 0.6) is 0 Å². The number of fused-ring (bicyclic) bond motifs is 6. The third-order valence-electron chi connectivity index (χ3n) is 8.76. The third kappa shape index (κ3) is 4.07. The van der Waals surface area contributed by atoms with E-state index >= 15 is 0 Å². The first-order chi connectivity index (χ1) is 23.3. The third-order valence-corrected chi connectivity index (χ3v) is 8.76. The van der Waals surface area contributed by atoms with Gasteiger partial charge in [-0.3, -0.25) is 0 Å². The van der Waals surface area contributed by atoms with Crippen molar-refractivity contribution in [2.24, 2.45) is 0 Å². The van der Waals surface area contributed by atoms with E-state index in [1.54, 1.807) is 12.4 Å². The Morgan fingerprint density at radius 2 is 1.02 bits per heavy atom. The van der Waals surface area contributed by atoms with Crippen LogP contribution in [0.4, 0.5) is 0 Å². The predicted octanol–water partition coefficient (Wildman–Crippen LogP) is 10.0. The summed E-state index contributed by atoms with van der Waals surface area (Å²) in [5, 5.41) is 4.34. The lowest BCUT2D eigenvalue weighted by Gasteiger charge is -2.15. The molecule has 220 valence electrons. The van der Waals surface area contributed by atoms with Crippen molar-refractivity contribution in [2.45, 2.75) is 0 Å². The van der Waals surface area contributed by atoms with Crippen molar-refractivity contribution in [1.82, 2.24) is 24.5 Å². The van der Waals surface area contributed by atoms with Gasteiger partial charge in [0.05, 0.1) is 16.7 Å². The number of aromatic nitrogens is 5. The van der Waals surface area contributed by atoms with Crippen molar-refractivity contribution in [2.75, 3.05) is 0 Å². The zero-order valence-corrected chi connectivity index (χ0v) is 24.8. The summed E-state index contributed by atoms with van der Waals surface area (Å²) in [5.74, 6) is 1.82. The standard InChI is InChI=1S/C40H23N5O2/c1-2-9-25-23-35(30(20-24(25)8-1)38-41-18-7-19-42-38)45-33-16-14-26(39-43-31-10-3-5-12-36(31)46-39)21-28(33)29-22-27(15-17-34(29)45)40-44-32-11-4-6-13-37(32)47-40/h1-23H. The molecule has 4 heterocycles. The second-order valence-electron chi connectivity index (χ2n) is 11.6. The van der Waals surface area contributed by atoms with Gasteiger partial charge in [0.1, 0.15) is 11.0 Å². The number of para-hydroxylation sites is 4. The summed E-state index contributed by atoms with van der Waals surface area (Å²) in [7, 11) is 0. The second-order valence-corrected chi connectivity index (χ2v) is 11.6. The largest absolute Gasteiger partial charge is 0.436 e. The molecule has 0 N–H and O–H groups in total. The van der Waals surface area contributed by atoms with Gasteiger partial charge in [-0.25, -0.2) is 19.9 Å². The summed E-state index contributed by atoms with van der Waals surface area (Å²) in [5.41, 5.74) is 8.94. The highest BCUT2D eigenvalue weighted by Crippen LogP contribution is 2.40. The molecule has 0 saturated heterocycles. The molecule has 10 rings (SSSR count). The van der Waals surface area contributed by atoms with Crippen LogP contribution in [-0.4, -0.2) is 24.5 Å². The minimum Gasteiger partial charge on any atom is -0.436 e. The molecule has 0 aliphatic carbocycles. The summed E-state index contributed by atoms with van der Waals surface area (Å²) < 4.78 is 14.7.